The summed E-state index contributed by atoms with van der Waals surface area (Å²) in [5.41, 5.74) is 3.16. The number of nitrogens with one attached hydrogen (secondary N) is 2. The number of benzene rings is 2. The van der Waals surface area contributed by atoms with Gasteiger partial charge in [-0.2, -0.15) is 4.98 Å². The van der Waals surface area contributed by atoms with Gasteiger partial charge in [0.2, 0.25) is 11.8 Å². The number of carboxylic acid groups (broad SMARTS) is 1. The van der Waals surface area contributed by atoms with Gasteiger partial charge < -0.3 is 15.2 Å². The zero-order chi connectivity index (χ0) is 25.6. The second-order valence-electron chi connectivity index (χ2n) is 8.57. The van der Waals surface area contributed by atoms with Crippen LogP contribution < -0.4 is 14.8 Å². The largest absolute Gasteiger partial charge is 0.478 e. The van der Waals surface area contributed by atoms with Crippen LogP contribution in [0.3, 0.4) is 0 Å². The highest BCUT2D eigenvalue weighted by Gasteiger charge is 2.20. The smallest absolute Gasteiger partial charge is 0.335 e. The first-order chi connectivity index (χ1) is 16.6. The summed E-state index contributed by atoms with van der Waals surface area (Å²) in [6.07, 6.45) is 0. The van der Waals surface area contributed by atoms with Crippen molar-refractivity contribution in [3.05, 3.63) is 65.2 Å². The number of aromatic nitrogens is 2. The summed E-state index contributed by atoms with van der Waals surface area (Å²) in [5.74, 6) is -0.667. The number of rotatable bonds is 11. The molecule has 0 amide bonds. The summed E-state index contributed by atoms with van der Waals surface area (Å²) in [7, 11) is -4.15. The van der Waals surface area contributed by atoms with E-state index in [1.54, 1.807) is 6.07 Å². The molecule has 35 heavy (non-hydrogen) atoms. The molecule has 0 aliphatic rings. The maximum absolute atomic E-state index is 13.0. The van der Waals surface area contributed by atoms with Crippen molar-refractivity contribution in [2.45, 2.75) is 32.6 Å². The number of aryl methyl sites for hydroxylation is 2. The summed E-state index contributed by atoms with van der Waals surface area (Å²) in [5, 5.41) is 12.5. The third-order valence-electron chi connectivity index (χ3n) is 5.14. The van der Waals surface area contributed by atoms with Crippen molar-refractivity contribution in [3.8, 4) is 17.1 Å². The molecule has 186 valence electrons. The van der Waals surface area contributed by atoms with Gasteiger partial charge in [0.15, 0.2) is 0 Å². The lowest BCUT2D eigenvalue weighted by Gasteiger charge is -2.14. The normalized spacial score (nSPS) is 11.5. The molecule has 0 radical (unpaired) electrons. The molecule has 0 spiro atoms. The second kappa shape index (κ2) is 11.3. The number of hydrogen-bond acceptors (Lipinski definition) is 7. The van der Waals surface area contributed by atoms with Crippen LogP contribution in [0.2, 0.25) is 0 Å². The van der Waals surface area contributed by atoms with E-state index in [4.69, 9.17) is 4.74 Å². The highest BCUT2D eigenvalue weighted by molar-refractivity contribution is 7.92. The first-order valence-corrected chi connectivity index (χ1v) is 12.7. The van der Waals surface area contributed by atoms with Gasteiger partial charge in [0, 0.05) is 18.2 Å². The van der Waals surface area contributed by atoms with E-state index in [1.165, 1.54) is 18.2 Å². The summed E-state index contributed by atoms with van der Waals surface area (Å²) in [4.78, 5) is 19.8. The van der Waals surface area contributed by atoms with E-state index in [0.717, 1.165) is 29.3 Å². The van der Waals surface area contributed by atoms with Gasteiger partial charge in [0.25, 0.3) is 10.0 Å². The molecule has 0 saturated heterocycles. The Morgan fingerprint density at radius 2 is 1.74 bits per heavy atom. The molecule has 0 aliphatic carbocycles. The van der Waals surface area contributed by atoms with Crippen molar-refractivity contribution in [2.75, 3.05) is 24.4 Å². The van der Waals surface area contributed by atoms with E-state index in [0.29, 0.717) is 24.8 Å². The average Bonchev–Trinajstić information content (AvgIpc) is 2.78. The molecule has 1 heterocycles. The molecule has 0 atom stereocenters. The molecule has 3 rings (SSSR count). The van der Waals surface area contributed by atoms with Crippen LogP contribution in [0, 0.1) is 19.8 Å². The van der Waals surface area contributed by atoms with E-state index in [1.807, 2.05) is 32.0 Å². The van der Waals surface area contributed by atoms with Crippen molar-refractivity contribution >= 4 is 21.9 Å². The Kier molecular flexibility index (Phi) is 8.42. The van der Waals surface area contributed by atoms with Crippen LogP contribution in [0.15, 0.2) is 53.4 Å². The Balaban J connectivity index is 1.95. The number of nitrogens with zero attached hydrogens (tertiary/aromatic N) is 2. The number of carbonyl (C=O) groups is 1. The third kappa shape index (κ3) is 7.00. The van der Waals surface area contributed by atoms with Gasteiger partial charge in [-0.15, -0.1) is 0 Å². The zero-order valence-electron chi connectivity index (χ0n) is 20.2. The van der Waals surface area contributed by atoms with Gasteiger partial charge in [-0.25, -0.2) is 22.9 Å². The van der Waals surface area contributed by atoms with E-state index in [9.17, 15) is 18.3 Å². The van der Waals surface area contributed by atoms with Crippen molar-refractivity contribution in [1.29, 1.82) is 0 Å². The number of hydrogen-bond donors (Lipinski definition) is 3. The van der Waals surface area contributed by atoms with Crippen LogP contribution in [-0.2, 0) is 10.0 Å². The molecule has 0 fully saturated rings. The highest BCUT2D eigenvalue weighted by Crippen LogP contribution is 2.29. The van der Waals surface area contributed by atoms with Gasteiger partial charge in [0.05, 0.1) is 16.2 Å². The minimum absolute atomic E-state index is 0.143. The Labute approximate surface area is 205 Å². The fraction of sp³-hybridized carbons (Fsp3) is 0.320. The zero-order valence-corrected chi connectivity index (χ0v) is 21.0. The molecule has 0 bridgehead atoms. The molecule has 0 unspecified atom stereocenters. The Bertz CT molecular complexity index is 1290. The van der Waals surface area contributed by atoms with E-state index < -0.39 is 16.0 Å². The molecule has 1 aromatic heterocycles. The number of sulfonamides is 1. The molecule has 3 N–H and O–H groups in total. The first kappa shape index (κ1) is 26.1. The molecule has 0 aliphatic heterocycles. The lowest BCUT2D eigenvalue weighted by Crippen LogP contribution is -2.25. The minimum Gasteiger partial charge on any atom is -0.478 e. The van der Waals surface area contributed by atoms with Crippen LogP contribution in [0.1, 0.15) is 35.3 Å². The molecular weight excluding hydrogens is 468 g/mol. The molecule has 3 aromatic rings. The molecule has 2 aromatic carbocycles. The van der Waals surface area contributed by atoms with Gasteiger partial charge >= 0.3 is 5.97 Å². The second-order valence-corrected chi connectivity index (χ2v) is 10.2. The first-order valence-electron chi connectivity index (χ1n) is 11.2. The van der Waals surface area contributed by atoms with Crippen molar-refractivity contribution in [1.82, 2.24) is 15.3 Å². The van der Waals surface area contributed by atoms with Gasteiger partial charge in [-0.1, -0.05) is 38.1 Å². The highest BCUT2D eigenvalue weighted by atomic mass is 32.2. The monoisotopic (exact) mass is 498 g/mol. The summed E-state index contributed by atoms with van der Waals surface area (Å²) in [6, 6.07) is 12.6. The topological polar surface area (TPSA) is 131 Å². The van der Waals surface area contributed by atoms with Gasteiger partial charge in [0.1, 0.15) is 6.61 Å². The van der Waals surface area contributed by atoms with Crippen molar-refractivity contribution in [2.24, 2.45) is 5.92 Å². The summed E-state index contributed by atoms with van der Waals surface area (Å²) < 4.78 is 34.2. The standard InChI is InChI=1S/C25H30N4O5S/c1-16(2)15-26-11-12-34-22-14-21(23-17(3)7-5-8-18(23)4)27-25(28-22)29-35(32,33)20-10-6-9-19(13-20)24(30)31/h5-10,13-14,16,26H,11-12,15H2,1-4H3,(H,30,31)(H,27,28,29). The van der Waals surface area contributed by atoms with E-state index in [2.05, 4.69) is 33.9 Å². The fourth-order valence-corrected chi connectivity index (χ4v) is 4.47. The van der Waals surface area contributed by atoms with Crippen molar-refractivity contribution < 1.29 is 23.1 Å². The quantitative estimate of drug-likeness (QED) is 0.340. The number of anilines is 1. The lowest BCUT2D eigenvalue weighted by atomic mass is 10.00. The minimum atomic E-state index is -4.15. The maximum atomic E-state index is 13.0. The van der Waals surface area contributed by atoms with E-state index >= 15 is 0 Å². The predicted octanol–water partition coefficient (Wildman–Crippen LogP) is 3.88. The number of carboxylic acids is 1. The number of ether oxygens (including phenoxy) is 1. The SMILES string of the molecule is Cc1cccc(C)c1-c1cc(OCCNCC(C)C)nc(NS(=O)(=O)c2cccc(C(=O)O)c2)n1. The lowest BCUT2D eigenvalue weighted by molar-refractivity contribution is 0.0696. The van der Waals surface area contributed by atoms with Crippen LogP contribution in [0.5, 0.6) is 5.88 Å². The van der Waals surface area contributed by atoms with Crippen LogP contribution >= 0.6 is 0 Å². The molecular formula is C25H30N4O5S. The number of aromatic carboxylic acids is 1. The average molecular weight is 499 g/mol. The van der Waals surface area contributed by atoms with Crippen LogP contribution in [0.25, 0.3) is 11.3 Å². The van der Waals surface area contributed by atoms with Gasteiger partial charge in [-0.05, 0) is 55.6 Å². The van der Waals surface area contributed by atoms with Crippen molar-refractivity contribution in [3.63, 3.8) is 0 Å². The Morgan fingerprint density at radius 1 is 1.06 bits per heavy atom. The van der Waals surface area contributed by atoms with Crippen LogP contribution in [0.4, 0.5) is 5.95 Å². The van der Waals surface area contributed by atoms with E-state index in [-0.39, 0.29) is 22.3 Å². The molecule has 0 saturated carbocycles. The molecule has 10 heteroatoms. The Hall–Kier alpha value is -3.50. The van der Waals surface area contributed by atoms with Gasteiger partial charge in [-0.3, -0.25) is 0 Å². The molecule has 9 nitrogen and oxygen atoms in total. The van der Waals surface area contributed by atoms with Crippen LogP contribution in [-0.4, -0.2) is 49.2 Å². The summed E-state index contributed by atoms with van der Waals surface area (Å²) >= 11 is 0. The fourth-order valence-electron chi connectivity index (χ4n) is 3.49. The maximum Gasteiger partial charge on any atom is 0.335 e. The summed E-state index contributed by atoms with van der Waals surface area (Å²) in [6.45, 7) is 9.90. The Morgan fingerprint density at radius 3 is 2.40 bits per heavy atom. The predicted molar refractivity (Wildman–Crippen MR) is 134 cm³/mol. The third-order valence-corrected chi connectivity index (χ3v) is 6.46.